The Morgan fingerprint density at radius 2 is 1.73 bits per heavy atom. The number of amides is 1. The van der Waals surface area contributed by atoms with E-state index in [0.717, 1.165) is 44.5 Å². The van der Waals surface area contributed by atoms with Gasteiger partial charge < -0.3 is 19.9 Å². The lowest BCUT2D eigenvalue weighted by atomic mass is 9.97. The summed E-state index contributed by atoms with van der Waals surface area (Å²) in [6.07, 6.45) is -1.14. The molecule has 1 aliphatic heterocycles. The third kappa shape index (κ3) is 5.13. The first-order chi connectivity index (χ1) is 21.6. The molecule has 1 aliphatic rings. The normalized spacial score (nSPS) is 13.0. The number of alkyl halides is 3. The Bertz CT molecular complexity index is 2080. The number of carbonyl (C=O) groups excluding carboxylic acids is 1. The van der Waals surface area contributed by atoms with E-state index in [0.29, 0.717) is 35.1 Å². The summed E-state index contributed by atoms with van der Waals surface area (Å²) in [5, 5.41) is 8.49. The highest BCUT2D eigenvalue weighted by Crippen LogP contribution is 2.40. The van der Waals surface area contributed by atoms with Crippen LogP contribution in [0.4, 0.5) is 30.6 Å². The van der Waals surface area contributed by atoms with Gasteiger partial charge in [-0.2, -0.15) is 5.10 Å². The second kappa shape index (κ2) is 10.5. The van der Waals surface area contributed by atoms with Gasteiger partial charge in [0.15, 0.2) is 5.82 Å². The molecular formula is C33H26F3N7O2. The summed E-state index contributed by atoms with van der Waals surface area (Å²) in [6, 6.07) is 18.7. The molecule has 3 aromatic carbocycles. The third-order valence-electron chi connectivity index (χ3n) is 7.93. The van der Waals surface area contributed by atoms with Crippen molar-refractivity contribution in [2.45, 2.75) is 26.8 Å². The number of anilines is 3. The zero-order valence-corrected chi connectivity index (χ0v) is 24.4. The van der Waals surface area contributed by atoms with Crippen LogP contribution in [0, 0.1) is 13.8 Å². The van der Waals surface area contributed by atoms with Crippen molar-refractivity contribution in [2.24, 2.45) is 7.05 Å². The molecule has 45 heavy (non-hydrogen) atoms. The number of H-pyrrole nitrogens is 1. The number of halogens is 3. The fraction of sp³-hybridized carbons (Fsp3) is 0.152. The van der Waals surface area contributed by atoms with Crippen molar-refractivity contribution in [2.75, 3.05) is 10.2 Å². The van der Waals surface area contributed by atoms with Crippen LogP contribution in [-0.4, -0.2) is 37.0 Å². The van der Waals surface area contributed by atoms with Crippen molar-refractivity contribution in [1.82, 2.24) is 24.7 Å². The van der Waals surface area contributed by atoms with Crippen molar-refractivity contribution in [3.05, 3.63) is 102 Å². The van der Waals surface area contributed by atoms with Crippen LogP contribution in [0.15, 0.2) is 79.1 Å². The van der Waals surface area contributed by atoms with Crippen LogP contribution in [0.5, 0.6) is 5.75 Å². The highest BCUT2D eigenvalue weighted by molar-refractivity contribution is 6.15. The number of carbonyl (C=O) groups is 1. The number of aryl methyl sites for hydroxylation is 3. The average Bonchev–Trinajstić information content (AvgIpc) is 3.68. The number of ether oxygens (including phenoxy) is 1. The predicted molar refractivity (Wildman–Crippen MR) is 164 cm³/mol. The second-order valence-corrected chi connectivity index (χ2v) is 10.8. The molecule has 3 aromatic heterocycles. The first kappa shape index (κ1) is 28.1. The molecule has 7 rings (SSSR count). The number of para-hydroxylation sites is 1. The van der Waals surface area contributed by atoms with Gasteiger partial charge in [0.1, 0.15) is 5.75 Å². The van der Waals surface area contributed by atoms with E-state index in [1.807, 2.05) is 57.4 Å². The van der Waals surface area contributed by atoms with Gasteiger partial charge in [0.25, 0.3) is 5.91 Å². The molecule has 0 unspecified atom stereocenters. The minimum absolute atomic E-state index is 0.164. The molecule has 2 N–H and O–H groups in total. The summed E-state index contributed by atoms with van der Waals surface area (Å²) in [5.41, 5.74) is 7.73. The topological polar surface area (TPSA) is 101 Å². The van der Waals surface area contributed by atoms with Crippen LogP contribution in [0.3, 0.4) is 0 Å². The Labute approximate surface area is 255 Å². The smallest absolute Gasteiger partial charge is 0.406 e. The molecule has 0 saturated carbocycles. The van der Waals surface area contributed by atoms with E-state index in [-0.39, 0.29) is 11.7 Å². The fourth-order valence-electron chi connectivity index (χ4n) is 5.70. The molecule has 0 saturated heterocycles. The van der Waals surface area contributed by atoms with Gasteiger partial charge >= 0.3 is 6.36 Å². The lowest BCUT2D eigenvalue weighted by molar-refractivity contribution is -0.274. The molecule has 226 valence electrons. The Balaban J connectivity index is 1.21. The number of benzene rings is 3. The van der Waals surface area contributed by atoms with E-state index in [1.54, 1.807) is 40.0 Å². The lowest BCUT2D eigenvalue weighted by Crippen LogP contribution is -2.23. The van der Waals surface area contributed by atoms with Crippen LogP contribution in [0.25, 0.3) is 33.3 Å². The molecule has 12 heteroatoms. The van der Waals surface area contributed by atoms with E-state index in [2.05, 4.69) is 25.1 Å². The minimum atomic E-state index is -4.77. The van der Waals surface area contributed by atoms with Gasteiger partial charge in [0.05, 0.1) is 23.4 Å². The van der Waals surface area contributed by atoms with E-state index >= 15 is 0 Å². The second-order valence-electron chi connectivity index (χ2n) is 10.8. The van der Waals surface area contributed by atoms with Crippen LogP contribution in [0.1, 0.15) is 27.2 Å². The number of hydrogen-bond donors (Lipinski definition) is 2. The van der Waals surface area contributed by atoms with Crippen molar-refractivity contribution in [1.29, 1.82) is 0 Å². The van der Waals surface area contributed by atoms with E-state index < -0.39 is 6.36 Å². The summed E-state index contributed by atoms with van der Waals surface area (Å²) in [7, 11) is 1.87. The van der Waals surface area contributed by atoms with Gasteiger partial charge in [0, 0.05) is 47.7 Å². The van der Waals surface area contributed by atoms with Crippen molar-refractivity contribution >= 4 is 34.3 Å². The van der Waals surface area contributed by atoms with Crippen LogP contribution in [0.2, 0.25) is 0 Å². The van der Waals surface area contributed by atoms with E-state index in [9.17, 15) is 18.0 Å². The zero-order valence-electron chi connectivity index (χ0n) is 24.4. The van der Waals surface area contributed by atoms with Gasteiger partial charge in [-0.3, -0.25) is 9.48 Å². The maximum atomic E-state index is 13.7. The number of aromatic nitrogens is 5. The summed E-state index contributed by atoms with van der Waals surface area (Å²) < 4.78 is 43.7. The van der Waals surface area contributed by atoms with Crippen molar-refractivity contribution in [3.8, 4) is 28.1 Å². The maximum absolute atomic E-state index is 13.7. The molecule has 0 radical (unpaired) electrons. The number of rotatable bonds is 6. The lowest BCUT2D eigenvalue weighted by Gasteiger charge is -2.17. The predicted octanol–water partition coefficient (Wildman–Crippen LogP) is 7.44. The molecule has 0 aliphatic carbocycles. The van der Waals surface area contributed by atoms with Gasteiger partial charge in [-0.1, -0.05) is 36.4 Å². The number of nitrogens with zero attached hydrogens (tertiary/aromatic N) is 5. The van der Waals surface area contributed by atoms with Crippen molar-refractivity contribution < 1.29 is 22.7 Å². The van der Waals surface area contributed by atoms with Crippen LogP contribution < -0.4 is 15.0 Å². The molecule has 0 atom stereocenters. The zero-order chi connectivity index (χ0) is 31.5. The Morgan fingerprint density at radius 1 is 0.978 bits per heavy atom. The molecule has 0 bridgehead atoms. The molecule has 6 aromatic rings. The largest absolute Gasteiger partial charge is 0.573 e. The fourth-order valence-corrected chi connectivity index (χ4v) is 5.70. The van der Waals surface area contributed by atoms with Crippen LogP contribution in [-0.2, 0) is 13.6 Å². The quantitative estimate of drug-likeness (QED) is 0.204. The summed E-state index contributed by atoms with van der Waals surface area (Å²) in [5.74, 6) is 0.584. The standard InChI is InChI=1S/C33H26F3N7O2/c1-18-15-38-32(39-28-14-19(2)42(3)41-28)40-29(18)25-16-37-30-23(25)7-5-9-27(30)43-17-26-22(6-4-8-24(26)31(43)44)20-10-12-21(13-11-20)45-33(34,35)36/h4-16,37H,17H2,1-3H3,(H,38,39,40,41). The number of nitrogens with one attached hydrogen (secondary N) is 2. The summed E-state index contributed by atoms with van der Waals surface area (Å²) in [4.78, 5) is 28.1. The van der Waals surface area contributed by atoms with Gasteiger partial charge in [-0.15, -0.1) is 13.2 Å². The summed E-state index contributed by atoms with van der Waals surface area (Å²) >= 11 is 0. The SMILES string of the molecule is Cc1cnc(Nc2cc(C)n(C)n2)nc1-c1c[nH]c2c(N3Cc4c(cccc4-c4ccc(OC(F)(F)F)cc4)C3=O)cccc12. The molecule has 0 fully saturated rings. The average molecular weight is 610 g/mol. The first-order valence-electron chi connectivity index (χ1n) is 14.1. The highest BCUT2D eigenvalue weighted by atomic mass is 19.4. The van der Waals surface area contributed by atoms with Gasteiger partial charge in [-0.25, -0.2) is 9.97 Å². The number of aromatic amines is 1. The highest BCUT2D eigenvalue weighted by Gasteiger charge is 2.33. The first-order valence-corrected chi connectivity index (χ1v) is 14.1. The minimum Gasteiger partial charge on any atom is -0.406 e. The molecule has 0 spiro atoms. The van der Waals surface area contributed by atoms with E-state index in [1.165, 1.54) is 12.1 Å². The van der Waals surface area contributed by atoms with Crippen molar-refractivity contribution in [3.63, 3.8) is 0 Å². The molecule has 4 heterocycles. The molecule has 1 amide bonds. The van der Waals surface area contributed by atoms with Gasteiger partial charge in [0.2, 0.25) is 5.95 Å². The van der Waals surface area contributed by atoms with Crippen LogP contribution >= 0.6 is 0 Å². The Kier molecular flexibility index (Phi) is 6.57. The number of fused-ring (bicyclic) bond motifs is 2. The number of hydrogen-bond acceptors (Lipinski definition) is 6. The monoisotopic (exact) mass is 609 g/mol. The third-order valence-corrected chi connectivity index (χ3v) is 7.93. The maximum Gasteiger partial charge on any atom is 0.573 e. The molecular weight excluding hydrogens is 583 g/mol. The van der Waals surface area contributed by atoms with Gasteiger partial charge in [-0.05, 0) is 60.4 Å². The van der Waals surface area contributed by atoms with E-state index in [4.69, 9.17) is 4.98 Å². The summed E-state index contributed by atoms with van der Waals surface area (Å²) in [6.45, 7) is 4.20. The Morgan fingerprint density at radius 3 is 2.47 bits per heavy atom. The molecule has 9 nitrogen and oxygen atoms in total. The Hall–Kier alpha value is -5.65.